The fourth-order valence-corrected chi connectivity index (χ4v) is 1.67. The predicted molar refractivity (Wildman–Crippen MR) is 73.8 cm³/mol. The van der Waals surface area contributed by atoms with E-state index in [1.807, 2.05) is 25.1 Å². The molecule has 0 aliphatic rings. The minimum absolute atomic E-state index is 0.363. The number of anilines is 2. The van der Waals surface area contributed by atoms with E-state index in [1.165, 1.54) is 6.07 Å². The summed E-state index contributed by atoms with van der Waals surface area (Å²) in [4.78, 5) is 3.78. The van der Waals surface area contributed by atoms with Gasteiger partial charge in [0.15, 0.2) is 0 Å². The third kappa shape index (κ3) is 3.17. The number of nitrogens with zero attached hydrogens (tertiary/aromatic N) is 1. The fourth-order valence-electron chi connectivity index (χ4n) is 1.67. The van der Waals surface area contributed by atoms with Crippen LogP contribution < -0.4 is 5.32 Å². The number of aryl methyl sites for hydroxylation is 1. The summed E-state index contributed by atoms with van der Waals surface area (Å²) in [5.74, 6) is 0.363. The first-order chi connectivity index (χ1) is 9.40. The van der Waals surface area contributed by atoms with Gasteiger partial charge < -0.3 is 5.32 Å². The van der Waals surface area contributed by atoms with Gasteiger partial charge in [0.05, 0.1) is 5.56 Å². The van der Waals surface area contributed by atoms with E-state index < -0.39 is 11.7 Å². The highest BCUT2D eigenvalue weighted by molar-refractivity contribution is 5.65. The summed E-state index contributed by atoms with van der Waals surface area (Å²) in [5, 5.41) is 3.00. The molecular weight excluding hydrogens is 265 g/mol. The lowest BCUT2D eigenvalue weighted by Crippen LogP contribution is -2.06. The van der Waals surface area contributed by atoms with E-state index in [0.29, 0.717) is 5.82 Å². The van der Waals surface area contributed by atoms with Crippen LogP contribution in [0.15, 0.2) is 43.1 Å². The molecule has 2 rings (SSSR count). The van der Waals surface area contributed by atoms with Crippen LogP contribution in [0.1, 0.15) is 16.7 Å². The Hall–Kier alpha value is -2.30. The molecule has 5 heteroatoms. The minimum Gasteiger partial charge on any atom is -0.340 e. The first-order valence-corrected chi connectivity index (χ1v) is 5.93. The Labute approximate surface area is 115 Å². The van der Waals surface area contributed by atoms with Gasteiger partial charge >= 0.3 is 6.18 Å². The fraction of sp³-hybridized carbons (Fsp3) is 0.133. The molecule has 104 valence electrons. The molecule has 1 aromatic carbocycles. The highest BCUT2D eigenvalue weighted by Crippen LogP contribution is 2.29. The Balaban J connectivity index is 2.24. The maximum atomic E-state index is 12.4. The van der Waals surface area contributed by atoms with E-state index in [2.05, 4.69) is 16.9 Å². The normalized spacial score (nSPS) is 11.2. The molecule has 2 nitrogen and oxygen atoms in total. The van der Waals surface area contributed by atoms with Crippen molar-refractivity contribution in [2.75, 3.05) is 5.32 Å². The van der Waals surface area contributed by atoms with E-state index in [1.54, 1.807) is 6.08 Å². The van der Waals surface area contributed by atoms with E-state index in [0.717, 1.165) is 29.1 Å². The lowest BCUT2D eigenvalue weighted by molar-refractivity contribution is -0.137. The largest absolute Gasteiger partial charge is 0.417 e. The molecule has 1 N–H and O–H groups in total. The van der Waals surface area contributed by atoms with Gasteiger partial charge in [-0.2, -0.15) is 13.2 Å². The van der Waals surface area contributed by atoms with Crippen molar-refractivity contribution in [1.29, 1.82) is 0 Å². The number of benzene rings is 1. The molecule has 0 atom stereocenters. The average Bonchev–Trinajstić information content (AvgIpc) is 2.41. The third-order valence-electron chi connectivity index (χ3n) is 2.85. The lowest BCUT2D eigenvalue weighted by Gasteiger charge is -2.11. The Bertz CT molecular complexity index is 616. The number of alkyl halides is 3. The van der Waals surface area contributed by atoms with Crippen molar-refractivity contribution in [3.63, 3.8) is 0 Å². The highest BCUT2D eigenvalue weighted by atomic mass is 19.4. The van der Waals surface area contributed by atoms with Gasteiger partial charge in [0.25, 0.3) is 0 Å². The number of nitrogens with one attached hydrogen (secondary N) is 1. The van der Waals surface area contributed by atoms with E-state index in [9.17, 15) is 13.2 Å². The van der Waals surface area contributed by atoms with Crippen LogP contribution in [0, 0.1) is 6.92 Å². The van der Waals surface area contributed by atoms with Gasteiger partial charge in [-0.3, -0.25) is 0 Å². The molecule has 0 fully saturated rings. The van der Waals surface area contributed by atoms with Crippen molar-refractivity contribution in [3.8, 4) is 0 Å². The molecule has 0 bridgehead atoms. The van der Waals surface area contributed by atoms with Crippen LogP contribution in [0.2, 0.25) is 0 Å². The number of hydrogen-bond acceptors (Lipinski definition) is 2. The number of hydrogen-bond donors (Lipinski definition) is 1. The van der Waals surface area contributed by atoms with Gasteiger partial charge in [-0.1, -0.05) is 24.8 Å². The first-order valence-electron chi connectivity index (χ1n) is 5.93. The van der Waals surface area contributed by atoms with Gasteiger partial charge in [-0.05, 0) is 36.2 Å². The molecule has 0 unspecified atom stereocenters. The SMILES string of the molecule is C=Cc1ccc(C)c(Nc2ccc(C(F)(F)F)cn2)c1. The topological polar surface area (TPSA) is 24.9 Å². The van der Waals surface area contributed by atoms with Gasteiger partial charge in [0, 0.05) is 11.9 Å². The molecule has 0 amide bonds. The molecule has 2 aromatic rings. The number of halogens is 3. The Kier molecular flexibility index (Phi) is 3.79. The Morgan fingerprint density at radius 3 is 2.50 bits per heavy atom. The summed E-state index contributed by atoms with van der Waals surface area (Å²) in [7, 11) is 0. The number of pyridine rings is 1. The van der Waals surface area contributed by atoms with E-state index >= 15 is 0 Å². The molecular formula is C15H13F3N2. The van der Waals surface area contributed by atoms with Gasteiger partial charge in [-0.25, -0.2) is 4.98 Å². The van der Waals surface area contributed by atoms with Crippen LogP contribution in [0.25, 0.3) is 6.08 Å². The molecule has 1 aromatic heterocycles. The lowest BCUT2D eigenvalue weighted by atomic mass is 10.1. The molecule has 0 saturated heterocycles. The summed E-state index contributed by atoms with van der Waals surface area (Å²) in [6.45, 7) is 5.58. The number of rotatable bonds is 3. The molecule has 0 radical (unpaired) electrons. The molecule has 1 heterocycles. The zero-order chi connectivity index (χ0) is 14.8. The monoisotopic (exact) mass is 278 g/mol. The summed E-state index contributed by atoms with van der Waals surface area (Å²) >= 11 is 0. The van der Waals surface area contributed by atoms with Gasteiger partial charge in [0.2, 0.25) is 0 Å². The maximum absolute atomic E-state index is 12.4. The van der Waals surface area contributed by atoms with Crippen molar-refractivity contribution in [2.45, 2.75) is 13.1 Å². The van der Waals surface area contributed by atoms with Crippen LogP contribution in [0.4, 0.5) is 24.7 Å². The van der Waals surface area contributed by atoms with Crippen molar-refractivity contribution in [2.24, 2.45) is 0 Å². The zero-order valence-electron chi connectivity index (χ0n) is 10.8. The van der Waals surface area contributed by atoms with Crippen molar-refractivity contribution >= 4 is 17.6 Å². The summed E-state index contributed by atoms with van der Waals surface area (Å²) in [6.07, 6.45) is -1.86. The second kappa shape index (κ2) is 5.36. The molecule has 0 aliphatic carbocycles. The third-order valence-corrected chi connectivity index (χ3v) is 2.85. The second-order valence-electron chi connectivity index (χ2n) is 4.33. The maximum Gasteiger partial charge on any atom is 0.417 e. The summed E-state index contributed by atoms with van der Waals surface area (Å²) in [6, 6.07) is 7.99. The number of aromatic nitrogens is 1. The van der Waals surface area contributed by atoms with E-state index in [-0.39, 0.29) is 0 Å². The van der Waals surface area contributed by atoms with Gasteiger partial charge in [-0.15, -0.1) is 0 Å². The minimum atomic E-state index is -4.37. The predicted octanol–water partition coefficient (Wildman–Crippen LogP) is 4.80. The van der Waals surface area contributed by atoms with Crippen LogP contribution in [0.3, 0.4) is 0 Å². The Morgan fingerprint density at radius 2 is 1.95 bits per heavy atom. The molecule has 20 heavy (non-hydrogen) atoms. The van der Waals surface area contributed by atoms with Crippen LogP contribution in [0.5, 0.6) is 0 Å². The zero-order valence-corrected chi connectivity index (χ0v) is 10.8. The van der Waals surface area contributed by atoms with Crippen molar-refractivity contribution < 1.29 is 13.2 Å². The first kappa shape index (κ1) is 14.1. The summed E-state index contributed by atoms with van der Waals surface area (Å²) in [5.41, 5.74) is 1.91. The highest BCUT2D eigenvalue weighted by Gasteiger charge is 2.30. The smallest absolute Gasteiger partial charge is 0.340 e. The van der Waals surface area contributed by atoms with Crippen molar-refractivity contribution in [3.05, 3.63) is 59.8 Å². The van der Waals surface area contributed by atoms with Crippen molar-refractivity contribution in [1.82, 2.24) is 4.98 Å². The molecule has 0 spiro atoms. The van der Waals surface area contributed by atoms with E-state index in [4.69, 9.17) is 0 Å². The van der Waals surface area contributed by atoms with Gasteiger partial charge in [0.1, 0.15) is 5.82 Å². The molecule has 0 saturated carbocycles. The summed E-state index contributed by atoms with van der Waals surface area (Å²) < 4.78 is 37.3. The Morgan fingerprint density at radius 1 is 1.20 bits per heavy atom. The van der Waals surface area contributed by atoms with Crippen LogP contribution in [-0.2, 0) is 6.18 Å². The standard InChI is InChI=1S/C15H13F3N2/c1-3-11-5-4-10(2)13(8-11)20-14-7-6-12(9-19-14)15(16,17)18/h3-9H,1H2,2H3,(H,19,20). The van der Waals surface area contributed by atoms with Crippen LogP contribution in [-0.4, -0.2) is 4.98 Å². The van der Waals surface area contributed by atoms with Crippen LogP contribution >= 0.6 is 0 Å². The molecule has 0 aliphatic heterocycles. The quantitative estimate of drug-likeness (QED) is 0.872. The second-order valence-corrected chi connectivity index (χ2v) is 4.33. The average molecular weight is 278 g/mol.